The fourth-order valence-corrected chi connectivity index (χ4v) is 2.49. The zero-order chi connectivity index (χ0) is 11.9. The Hall–Kier alpha value is -0.420. The summed E-state index contributed by atoms with van der Waals surface area (Å²) in [5.74, 6) is 0. The number of nitrogens with one attached hydrogen (secondary N) is 1. The van der Waals surface area contributed by atoms with Gasteiger partial charge < -0.3 is 10.1 Å². The quantitative estimate of drug-likeness (QED) is 0.692. The predicted octanol–water partition coefficient (Wildman–Crippen LogP) is 0.170. The maximum atomic E-state index is 5.17. The highest BCUT2D eigenvalue weighted by molar-refractivity contribution is 5.07. The minimum atomic E-state index is 0.811. The van der Waals surface area contributed by atoms with Gasteiger partial charge in [-0.05, 0) is 12.0 Å². The van der Waals surface area contributed by atoms with E-state index in [1.807, 2.05) is 0 Å². The highest BCUT2D eigenvalue weighted by Crippen LogP contribution is 2.10. The summed E-state index contributed by atoms with van der Waals surface area (Å²) in [6, 6.07) is 0. The first kappa shape index (κ1) is 13.0. The van der Waals surface area contributed by atoms with Gasteiger partial charge in [0.1, 0.15) is 0 Å². The Morgan fingerprint density at radius 1 is 1.18 bits per heavy atom. The number of nitrogens with zero attached hydrogens (tertiary/aromatic N) is 2. The number of hydrogen-bond acceptors (Lipinski definition) is 4. The van der Waals surface area contributed by atoms with Crippen LogP contribution < -0.4 is 5.32 Å². The first-order valence-electron chi connectivity index (χ1n) is 6.71. The van der Waals surface area contributed by atoms with Gasteiger partial charge in [-0.25, -0.2) is 0 Å². The molecule has 2 aliphatic heterocycles. The van der Waals surface area contributed by atoms with E-state index < -0.39 is 0 Å². The lowest BCUT2D eigenvalue weighted by Gasteiger charge is -2.31. The van der Waals surface area contributed by atoms with Crippen LogP contribution in [-0.2, 0) is 4.74 Å². The van der Waals surface area contributed by atoms with Crippen LogP contribution in [0.4, 0.5) is 0 Å². The Labute approximate surface area is 105 Å². The molecule has 0 unspecified atom stereocenters. The molecule has 0 saturated carbocycles. The molecule has 2 heterocycles. The summed E-state index contributed by atoms with van der Waals surface area (Å²) in [6.07, 6.45) is 3.51. The highest BCUT2D eigenvalue weighted by Gasteiger charge is 2.14. The predicted molar refractivity (Wildman–Crippen MR) is 70.3 cm³/mol. The molecule has 1 saturated heterocycles. The first-order chi connectivity index (χ1) is 8.38. The molecule has 4 nitrogen and oxygen atoms in total. The van der Waals surface area contributed by atoms with Gasteiger partial charge in [0, 0.05) is 59.5 Å². The summed E-state index contributed by atoms with van der Waals surface area (Å²) < 4.78 is 5.17. The summed E-state index contributed by atoms with van der Waals surface area (Å²) in [7, 11) is 1.78. The van der Waals surface area contributed by atoms with Gasteiger partial charge in [0.25, 0.3) is 0 Å². The molecular weight excluding hydrogens is 214 g/mol. The summed E-state index contributed by atoms with van der Waals surface area (Å²) in [5.41, 5.74) is 1.46. The van der Waals surface area contributed by atoms with E-state index in [9.17, 15) is 0 Å². The molecule has 0 spiro atoms. The van der Waals surface area contributed by atoms with Crippen LogP contribution in [0.1, 0.15) is 6.42 Å². The maximum absolute atomic E-state index is 5.17. The van der Waals surface area contributed by atoms with Crippen LogP contribution in [0, 0.1) is 0 Å². The minimum absolute atomic E-state index is 0.811. The SMILES string of the molecule is COCC1=CCN(CCN2CCNCC2)CC1. The van der Waals surface area contributed by atoms with E-state index in [2.05, 4.69) is 21.2 Å². The monoisotopic (exact) mass is 239 g/mol. The van der Waals surface area contributed by atoms with Crippen molar-refractivity contribution in [2.45, 2.75) is 6.42 Å². The lowest BCUT2D eigenvalue weighted by molar-refractivity contribution is 0.185. The van der Waals surface area contributed by atoms with Crippen LogP contribution >= 0.6 is 0 Å². The average molecular weight is 239 g/mol. The summed E-state index contributed by atoms with van der Waals surface area (Å²) in [4.78, 5) is 5.10. The van der Waals surface area contributed by atoms with Gasteiger partial charge in [-0.2, -0.15) is 0 Å². The van der Waals surface area contributed by atoms with Crippen LogP contribution in [0.5, 0.6) is 0 Å². The number of hydrogen-bond donors (Lipinski definition) is 1. The van der Waals surface area contributed by atoms with E-state index in [1.165, 1.54) is 44.7 Å². The third-order valence-electron chi connectivity index (χ3n) is 3.66. The fourth-order valence-electron chi connectivity index (χ4n) is 2.49. The first-order valence-corrected chi connectivity index (χ1v) is 6.71. The largest absolute Gasteiger partial charge is 0.380 e. The van der Waals surface area contributed by atoms with Crippen molar-refractivity contribution in [3.63, 3.8) is 0 Å². The standard InChI is InChI=1S/C13H25N3O/c1-17-12-13-2-6-15(7-3-13)10-11-16-8-4-14-5-9-16/h2,14H,3-12H2,1H3. The zero-order valence-electron chi connectivity index (χ0n) is 11.0. The molecular formula is C13H25N3O. The van der Waals surface area contributed by atoms with Crippen LogP contribution in [0.3, 0.4) is 0 Å². The van der Waals surface area contributed by atoms with Crippen molar-refractivity contribution in [3.05, 3.63) is 11.6 Å². The molecule has 17 heavy (non-hydrogen) atoms. The van der Waals surface area contributed by atoms with E-state index in [0.717, 1.165) is 26.2 Å². The van der Waals surface area contributed by atoms with Crippen molar-refractivity contribution in [2.24, 2.45) is 0 Å². The number of methoxy groups -OCH3 is 1. The Bertz CT molecular complexity index is 249. The van der Waals surface area contributed by atoms with Crippen LogP contribution in [-0.4, -0.2) is 75.9 Å². The van der Waals surface area contributed by atoms with Crippen molar-refractivity contribution >= 4 is 0 Å². The molecule has 0 amide bonds. The van der Waals surface area contributed by atoms with Gasteiger partial charge in [0.05, 0.1) is 6.61 Å². The average Bonchev–Trinajstić information content (AvgIpc) is 2.40. The third-order valence-corrected chi connectivity index (χ3v) is 3.66. The lowest BCUT2D eigenvalue weighted by Crippen LogP contribution is -2.46. The van der Waals surface area contributed by atoms with Crippen molar-refractivity contribution in [1.82, 2.24) is 15.1 Å². The van der Waals surface area contributed by atoms with E-state index in [0.29, 0.717) is 0 Å². The van der Waals surface area contributed by atoms with Gasteiger partial charge in [0.2, 0.25) is 0 Å². The topological polar surface area (TPSA) is 27.7 Å². The maximum Gasteiger partial charge on any atom is 0.0673 e. The number of rotatable bonds is 5. The Kier molecular flexibility index (Phi) is 5.45. The molecule has 0 radical (unpaired) electrons. The van der Waals surface area contributed by atoms with E-state index >= 15 is 0 Å². The molecule has 2 rings (SSSR count). The molecule has 1 fully saturated rings. The zero-order valence-corrected chi connectivity index (χ0v) is 11.0. The molecule has 0 atom stereocenters. The van der Waals surface area contributed by atoms with E-state index in [1.54, 1.807) is 7.11 Å². The number of ether oxygens (including phenoxy) is 1. The Morgan fingerprint density at radius 2 is 1.94 bits per heavy atom. The van der Waals surface area contributed by atoms with Gasteiger partial charge >= 0.3 is 0 Å². The van der Waals surface area contributed by atoms with Crippen molar-refractivity contribution in [1.29, 1.82) is 0 Å². The Morgan fingerprint density at radius 3 is 2.59 bits per heavy atom. The summed E-state index contributed by atoms with van der Waals surface area (Å²) in [6.45, 7) is 10.2. The molecule has 4 heteroatoms. The molecule has 0 aromatic carbocycles. The highest BCUT2D eigenvalue weighted by atomic mass is 16.5. The molecule has 0 aliphatic carbocycles. The van der Waals surface area contributed by atoms with Gasteiger partial charge in [-0.1, -0.05) is 6.08 Å². The van der Waals surface area contributed by atoms with Crippen molar-refractivity contribution in [3.8, 4) is 0 Å². The number of piperazine rings is 1. The molecule has 98 valence electrons. The molecule has 0 aromatic heterocycles. The molecule has 2 aliphatic rings. The second-order valence-electron chi connectivity index (χ2n) is 4.94. The summed E-state index contributed by atoms with van der Waals surface area (Å²) >= 11 is 0. The van der Waals surface area contributed by atoms with Crippen LogP contribution in [0.2, 0.25) is 0 Å². The lowest BCUT2D eigenvalue weighted by atomic mass is 10.1. The van der Waals surface area contributed by atoms with E-state index in [4.69, 9.17) is 4.74 Å². The molecule has 0 aromatic rings. The van der Waals surface area contributed by atoms with Crippen LogP contribution in [0.15, 0.2) is 11.6 Å². The van der Waals surface area contributed by atoms with Gasteiger partial charge in [-0.15, -0.1) is 0 Å². The molecule has 0 bridgehead atoms. The van der Waals surface area contributed by atoms with Crippen molar-refractivity contribution in [2.75, 3.05) is 66.1 Å². The van der Waals surface area contributed by atoms with Crippen LogP contribution in [0.25, 0.3) is 0 Å². The normalized spacial score (nSPS) is 23.7. The minimum Gasteiger partial charge on any atom is -0.380 e. The second kappa shape index (κ2) is 7.11. The fraction of sp³-hybridized carbons (Fsp3) is 0.846. The Balaban J connectivity index is 1.64. The third kappa shape index (κ3) is 4.39. The second-order valence-corrected chi connectivity index (χ2v) is 4.94. The van der Waals surface area contributed by atoms with Gasteiger partial charge in [-0.3, -0.25) is 9.80 Å². The van der Waals surface area contributed by atoms with E-state index in [-0.39, 0.29) is 0 Å². The summed E-state index contributed by atoms with van der Waals surface area (Å²) in [5, 5.41) is 3.39. The smallest absolute Gasteiger partial charge is 0.0673 e. The van der Waals surface area contributed by atoms with Crippen molar-refractivity contribution < 1.29 is 4.74 Å². The van der Waals surface area contributed by atoms with Gasteiger partial charge in [0.15, 0.2) is 0 Å². The molecule has 1 N–H and O–H groups in total.